The van der Waals surface area contributed by atoms with Gasteiger partial charge in [0, 0.05) is 5.69 Å². The van der Waals surface area contributed by atoms with Crippen molar-refractivity contribution in [2.24, 2.45) is 0 Å². The molecule has 0 spiro atoms. The average Bonchev–Trinajstić information content (AvgIpc) is 2.89. The fourth-order valence-corrected chi connectivity index (χ4v) is 2.25. The van der Waals surface area contributed by atoms with Crippen molar-refractivity contribution < 1.29 is 14.3 Å². The summed E-state index contributed by atoms with van der Waals surface area (Å²) in [5.74, 6) is 0.787. The van der Waals surface area contributed by atoms with Gasteiger partial charge in [-0.3, -0.25) is 4.90 Å². The van der Waals surface area contributed by atoms with Gasteiger partial charge in [-0.15, -0.1) is 0 Å². The highest BCUT2D eigenvalue weighted by molar-refractivity contribution is 5.89. The Balaban J connectivity index is 1.59. The molecule has 2 aromatic carbocycles. The summed E-state index contributed by atoms with van der Waals surface area (Å²) in [6.45, 7) is 2.90. The van der Waals surface area contributed by atoms with Crippen LogP contribution in [0, 0.1) is 6.92 Å². The zero-order valence-electron chi connectivity index (χ0n) is 11.9. The lowest BCUT2D eigenvalue weighted by Gasteiger charge is -2.13. The highest BCUT2D eigenvalue weighted by Crippen LogP contribution is 2.21. The summed E-state index contributed by atoms with van der Waals surface area (Å²) in [5.41, 5.74) is 2.03. The Morgan fingerprint density at radius 2 is 1.86 bits per heavy atom. The van der Waals surface area contributed by atoms with Crippen molar-refractivity contribution in [2.45, 2.75) is 13.0 Å². The standard InChI is InChI=1S/C17H17NO3/c1-13-7-9-15(10-8-13)20-12-16-11-18(17(19)21-16)14-5-3-2-4-6-14/h2-10,16H,11-12H2,1H3. The van der Waals surface area contributed by atoms with E-state index in [4.69, 9.17) is 9.47 Å². The number of nitrogens with zero attached hydrogens (tertiary/aromatic N) is 1. The van der Waals surface area contributed by atoms with E-state index in [0.29, 0.717) is 13.2 Å². The number of hydrogen-bond acceptors (Lipinski definition) is 3. The molecule has 1 heterocycles. The quantitative estimate of drug-likeness (QED) is 0.863. The Bertz CT molecular complexity index is 610. The molecule has 1 aliphatic rings. The van der Waals surface area contributed by atoms with Crippen molar-refractivity contribution in [3.05, 3.63) is 60.2 Å². The maximum absolute atomic E-state index is 11.9. The van der Waals surface area contributed by atoms with Crippen LogP contribution >= 0.6 is 0 Å². The van der Waals surface area contributed by atoms with Crippen molar-refractivity contribution in [2.75, 3.05) is 18.1 Å². The zero-order chi connectivity index (χ0) is 14.7. The zero-order valence-corrected chi connectivity index (χ0v) is 11.9. The van der Waals surface area contributed by atoms with Crippen LogP contribution in [0.5, 0.6) is 5.75 Å². The van der Waals surface area contributed by atoms with E-state index >= 15 is 0 Å². The molecule has 0 radical (unpaired) electrons. The number of hydrogen-bond donors (Lipinski definition) is 0. The third kappa shape index (κ3) is 3.16. The van der Waals surface area contributed by atoms with Crippen molar-refractivity contribution in [3.63, 3.8) is 0 Å². The maximum atomic E-state index is 11.9. The number of ether oxygens (including phenoxy) is 2. The molecular formula is C17H17NO3. The normalized spacial score (nSPS) is 17.7. The molecule has 1 amide bonds. The second kappa shape index (κ2) is 5.87. The number of carbonyl (C=O) groups excluding carboxylic acids is 1. The summed E-state index contributed by atoms with van der Waals surface area (Å²) in [6.07, 6.45) is -0.572. The first kappa shape index (κ1) is 13.5. The number of benzene rings is 2. The monoisotopic (exact) mass is 283 g/mol. The lowest BCUT2D eigenvalue weighted by Crippen LogP contribution is -2.26. The number of para-hydroxylation sites is 1. The molecule has 108 valence electrons. The first-order valence-corrected chi connectivity index (χ1v) is 6.95. The Morgan fingerprint density at radius 1 is 1.14 bits per heavy atom. The summed E-state index contributed by atoms with van der Waals surface area (Å²) < 4.78 is 11.0. The lowest BCUT2D eigenvalue weighted by atomic mass is 10.2. The fourth-order valence-electron chi connectivity index (χ4n) is 2.25. The number of amides is 1. The van der Waals surface area contributed by atoms with Gasteiger partial charge in [0.15, 0.2) is 6.10 Å². The predicted octanol–water partition coefficient (Wildman–Crippen LogP) is 3.40. The summed E-state index contributed by atoms with van der Waals surface area (Å²) in [7, 11) is 0. The van der Waals surface area contributed by atoms with E-state index < -0.39 is 0 Å². The third-order valence-corrected chi connectivity index (χ3v) is 3.40. The molecular weight excluding hydrogens is 266 g/mol. The Morgan fingerprint density at radius 3 is 2.57 bits per heavy atom. The molecule has 0 aliphatic carbocycles. The van der Waals surface area contributed by atoms with Crippen molar-refractivity contribution in [3.8, 4) is 5.75 Å². The number of anilines is 1. The summed E-state index contributed by atoms with van der Waals surface area (Å²) in [4.78, 5) is 13.5. The molecule has 1 saturated heterocycles. The summed E-state index contributed by atoms with van der Waals surface area (Å²) in [6, 6.07) is 17.3. The maximum Gasteiger partial charge on any atom is 0.414 e. The van der Waals surface area contributed by atoms with Crippen LogP contribution in [0.2, 0.25) is 0 Å². The van der Waals surface area contributed by atoms with Crippen molar-refractivity contribution in [1.82, 2.24) is 0 Å². The largest absolute Gasteiger partial charge is 0.490 e. The first-order valence-electron chi connectivity index (χ1n) is 6.95. The van der Waals surface area contributed by atoms with Crippen LogP contribution in [0.1, 0.15) is 5.56 Å². The highest BCUT2D eigenvalue weighted by Gasteiger charge is 2.32. The van der Waals surface area contributed by atoms with E-state index in [9.17, 15) is 4.79 Å². The lowest BCUT2D eigenvalue weighted by molar-refractivity contribution is 0.105. The number of cyclic esters (lactones) is 1. The second-order valence-electron chi connectivity index (χ2n) is 5.08. The van der Waals surface area contributed by atoms with E-state index in [-0.39, 0.29) is 12.2 Å². The minimum absolute atomic E-state index is 0.251. The predicted molar refractivity (Wildman–Crippen MR) is 80.7 cm³/mol. The Hall–Kier alpha value is -2.49. The Labute approximate surface area is 123 Å². The van der Waals surface area contributed by atoms with Gasteiger partial charge in [-0.2, -0.15) is 0 Å². The smallest absolute Gasteiger partial charge is 0.414 e. The van der Waals surface area contributed by atoms with E-state index in [1.165, 1.54) is 5.56 Å². The topological polar surface area (TPSA) is 38.8 Å². The van der Waals surface area contributed by atoms with Crippen LogP contribution in [0.4, 0.5) is 10.5 Å². The molecule has 1 unspecified atom stereocenters. The molecule has 1 atom stereocenters. The van der Waals surface area contributed by atoms with Gasteiger partial charge in [-0.1, -0.05) is 35.9 Å². The van der Waals surface area contributed by atoms with Gasteiger partial charge in [0.05, 0.1) is 6.54 Å². The SMILES string of the molecule is Cc1ccc(OCC2CN(c3ccccc3)C(=O)O2)cc1. The van der Waals surface area contributed by atoms with Gasteiger partial charge in [0.2, 0.25) is 0 Å². The molecule has 2 aromatic rings. The van der Waals surface area contributed by atoms with Crippen LogP contribution in [-0.4, -0.2) is 25.3 Å². The van der Waals surface area contributed by atoms with E-state index in [2.05, 4.69) is 0 Å². The molecule has 0 saturated carbocycles. The minimum Gasteiger partial charge on any atom is -0.490 e. The summed E-state index contributed by atoms with van der Waals surface area (Å²) in [5, 5.41) is 0. The van der Waals surface area contributed by atoms with Gasteiger partial charge < -0.3 is 9.47 Å². The number of aryl methyl sites for hydroxylation is 1. The molecule has 0 aromatic heterocycles. The Kier molecular flexibility index (Phi) is 3.77. The van der Waals surface area contributed by atoms with Gasteiger partial charge >= 0.3 is 6.09 Å². The van der Waals surface area contributed by atoms with Crippen molar-refractivity contribution in [1.29, 1.82) is 0 Å². The number of carbonyl (C=O) groups is 1. The van der Waals surface area contributed by atoms with Crippen LogP contribution < -0.4 is 9.64 Å². The van der Waals surface area contributed by atoms with Gasteiger partial charge in [0.1, 0.15) is 12.4 Å². The van der Waals surface area contributed by atoms with Crippen molar-refractivity contribution >= 4 is 11.8 Å². The second-order valence-corrected chi connectivity index (χ2v) is 5.08. The highest BCUT2D eigenvalue weighted by atomic mass is 16.6. The van der Waals surface area contributed by atoms with Gasteiger partial charge in [-0.05, 0) is 31.2 Å². The van der Waals surface area contributed by atoms with E-state index in [1.54, 1.807) is 4.90 Å². The molecule has 0 bridgehead atoms. The average molecular weight is 283 g/mol. The molecule has 1 aliphatic heterocycles. The van der Waals surface area contributed by atoms with Crippen LogP contribution in [-0.2, 0) is 4.74 Å². The van der Waals surface area contributed by atoms with E-state index in [0.717, 1.165) is 11.4 Å². The summed E-state index contributed by atoms with van der Waals surface area (Å²) >= 11 is 0. The fraction of sp³-hybridized carbons (Fsp3) is 0.235. The number of rotatable bonds is 4. The molecule has 4 heteroatoms. The van der Waals surface area contributed by atoms with Gasteiger partial charge in [-0.25, -0.2) is 4.79 Å². The van der Waals surface area contributed by atoms with Crippen LogP contribution in [0.15, 0.2) is 54.6 Å². The molecule has 21 heavy (non-hydrogen) atoms. The molecule has 1 fully saturated rings. The van der Waals surface area contributed by atoms with Crippen LogP contribution in [0.3, 0.4) is 0 Å². The third-order valence-electron chi connectivity index (χ3n) is 3.40. The molecule has 0 N–H and O–H groups in total. The first-order chi connectivity index (χ1) is 10.2. The minimum atomic E-state index is -0.321. The van der Waals surface area contributed by atoms with E-state index in [1.807, 2.05) is 61.5 Å². The van der Waals surface area contributed by atoms with Gasteiger partial charge in [0.25, 0.3) is 0 Å². The van der Waals surface area contributed by atoms with Crippen LogP contribution in [0.25, 0.3) is 0 Å². The molecule has 4 nitrogen and oxygen atoms in total. The molecule has 3 rings (SSSR count).